The molecule has 0 aromatic carbocycles. The number of anilines is 1. The molecule has 1 aromatic rings. The molecule has 1 rings (SSSR count). The molecule has 0 spiro atoms. The Hall–Kier alpha value is -1.40. The second-order valence-electron chi connectivity index (χ2n) is 2.92. The largest absolute Gasteiger partial charge is 0.465 e. The number of nitrogens with zero attached hydrogens (tertiary/aromatic N) is 3. The lowest BCUT2D eigenvalue weighted by Gasteiger charge is -2.05. The van der Waals surface area contributed by atoms with Crippen molar-refractivity contribution in [2.24, 2.45) is 4.99 Å². The summed E-state index contributed by atoms with van der Waals surface area (Å²) in [6.45, 7) is 1.75. The summed E-state index contributed by atoms with van der Waals surface area (Å²) in [5.41, 5.74) is 5.87. The molecule has 0 radical (unpaired) electrons. The number of nitrogens with two attached hydrogens (primary N) is 1. The van der Waals surface area contributed by atoms with Crippen molar-refractivity contribution in [2.75, 3.05) is 12.8 Å². The maximum Gasteiger partial charge on any atom is 0.352 e. The Morgan fingerprint density at radius 2 is 2.12 bits per heavy atom. The Bertz CT molecular complexity index is 453. The molecule has 0 amide bonds. The zero-order valence-electron chi connectivity index (χ0n) is 9.20. The number of methoxy groups -OCH3 is 1. The Morgan fingerprint density at radius 1 is 1.47 bits per heavy atom. The van der Waals surface area contributed by atoms with Crippen LogP contribution in [0.2, 0.25) is 10.4 Å². The molecule has 0 atom stereocenters. The van der Waals surface area contributed by atoms with E-state index >= 15 is 0 Å². The predicted molar refractivity (Wildman–Crippen MR) is 65.9 cm³/mol. The van der Waals surface area contributed by atoms with Gasteiger partial charge < -0.3 is 10.5 Å². The van der Waals surface area contributed by atoms with Gasteiger partial charge >= 0.3 is 5.97 Å². The lowest BCUT2D eigenvalue weighted by molar-refractivity contribution is -0.132. The lowest BCUT2D eigenvalue weighted by atomic mass is 10.3. The number of hydrogen-bond donors (Lipinski definition) is 1. The fourth-order valence-electron chi connectivity index (χ4n) is 1.04. The van der Waals surface area contributed by atoms with Gasteiger partial charge in [-0.25, -0.2) is 14.8 Å². The van der Waals surface area contributed by atoms with Crippen LogP contribution in [0.4, 0.5) is 11.5 Å². The van der Waals surface area contributed by atoms with Crippen LogP contribution >= 0.6 is 23.2 Å². The highest BCUT2D eigenvalue weighted by Gasteiger charge is 2.14. The Kier molecular flexibility index (Phi) is 4.65. The third-order valence-electron chi connectivity index (χ3n) is 1.84. The van der Waals surface area contributed by atoms with E-state index in [1.165, 1.54) is 7.11 Å². The summed E-state index contributed by atoms with van der Waals surface area (Å²) in [7, 11) is 1.26. The quantitative estimate of drug-likeness (QED) is 0.395. The molecule has 17 heavy (non-hydrogen) atoms. The number of aliphatic imine (C=N–C) groups is 1. The van der Waals surface area contributed by atoms with Crippen LogP contribution in [-0.2, 0) is 9.53 Å². The first kappa shape index (κ1) is 13.7. The molecule has 92 valence electrons. The van der Waals surface area contributed by atoms with E-state index in [2.05, 4.69) is 19.7 Å². The molecule has 0 unspecified atom stereocenters. The van der Waals surface area contributed by atoms with Gasteiger partial charge in [0.25, 0.3) is 0 Å². The minimum Gasteiger partial charge on any atom is -0.465 e. The topological polar surface area (TPSA) is 90.5 Å². The molecule has 0 fully saturated rings. The smallest absolute Gasteiger partial charge is 0.352 e. The summed E-state index contributed by atoms with van der Waals surface area (Å²) in [4.78, 5) is 22.7. The molecule has 0 aliphatic heterocycles. The van der Waals surface area contributed by atoms with Crippen molar-refractivity contribution in [3.05, 3.63) is 10.4 Å². The van der Waals surface area contributed by atoms with E-state index in [-0.39, 0.29) is 27.7 Å². The van der Waals surface area contributed by atoms with Gasteiger partial charge in [0.2, 0.25) is 5.28 Å². The Balaban J connectivity index is 3.25. The summed E-state index contributed by atoms with van der Waals surface area (Å²) in [6, 6.07) is 0. The number of rotatable bonds is 3. The number of hydrogen-bond acceptors (Lipinski definition) is 6. The number of halogens is 2. The van der Waals surface area contributed by atoms with Crippen molar-refractivity contribution in [3.63, 3.8) is 0 Å². The molecule has 0 aliphatic carbocycles. The molecule has 2 N–H and O–H groups in total. The first-order valence-electron chi connectivity index (χ1n) is 4.64. The highest BCUT2D eigenvalue weighted by atomic mass is 35.5. The molecule has 8 heteroatoms. The van der Waals surface area contributed by atoms with Crippen molar-refractivity contribution >= 4 is 46.4 Å². The van der Waals surface area contributed by atoms with Crippen LogP contribution in [0.5, 0.6) is 0 Å². The summed E-state index contributed by atoms with van der Waals surface area (Å²) in [5.74, 6) is -0.553. The molecule has 0 saturated heterocycles. The Labute approximate surface area is 108 Å². The zero-order valence-corrected chi connectivity index (χ0v) is 10.7. The molecular weight excluding hydrogens is 267 g/mol. The number of aromatic nitrogens is 2. The first-order chi connectivity index (χ1) is 7.99. The van der Waals surface area contributed by atoms with Gasteiger partial charge in [-0.3, -0.25) is 0 Å². The van der Waals surface area contributed by atoms with Crippen LogP contribution in [0.1, 0.15) is 13.3 Å². The normalized spacial score (nSPS) is 11.4. The highest BCUT2D eigenvalue weighted by molar-refractivity contribution is 6.38. The van der Waals surface area contributed by atoms with Crippen molar-refractivity contribution in [1.82, 2.24) is 9.97 Å². The number of esters is 1. The lowest BCUT2D eigenvalue weighted by Crippen LogP contribution is -2.14. The third kappa shape index (κ3) is 3.28. The number of carbonyl (C=O) groups excluding carboxylic acids is 1. The molecule has 0 bridgehead atoms. The van der Waals surface area contributed by atoms with E-state index in [4.69, 9.17) is 28.9 Å². The summed E-state index contributed by atoms with van der Waals surface area (Å²) < 4.78 is 4.56. The first-order valence-corrected chi connectivity index (χ1v) is 5.39. The third-order valence-corrected chi connectivity index (χ3v) is 2.28. The molecule has 0 saturated carbocycles. The van der Waals surface area contributed by atoms with E-state index in [1.807, 2.05) is 0 Å². The second-order valence-corrected chi connectivity index (χ2v) is 3.62. The van der Waals surface area contributed by atoms with Gasteiger partial charge in [0.1, 0.15) is 11.4 Å². The predicted octanol–water partition coefficient (Wildman–Crippen LogP) is 2.02. The maximum atomic E-state index is 11.3. The fraction of sp³-hybridized carbons (Fsp3) is 0.333. The molecular formula is C9H10Cl2N4O2. The molecule has 1 aromatic heterocycles. The van der Waals surface area contributed by atoms with Crippen molar-refractivity contribution < 1.29 is 9.53 Å². The minimum absolute atomic E-state index is 0.00449. The van der Waals surface area contributed by atoms with Gasteiger partial charge in [-0.15, -0.1) is 0 Å². The van der Waals surface area contributed by atoms with Gasteiger partial charge in [-0.1, -0.05) is 18.5 Å². The van der Waals surface area contributed by atoms with Crippen LogP contribution in [0, 0.1) is 0 Å². The van der Waals surface area contributed by atoms with Crippen LogP contribution in [0.25, 0.3) is 0 Å². The van der Waals surface area contributed by atoms with Gasteiger partial charge in [-0.2, -0.15) is 4.98 Å². The number of carbonyl (C=O) groups is 1. The molecule has 1 heterocycles. The number of nitrogen functional groups attached to an aromatic ring is 1. The van der Waals surface area contributed by atoms with Gasteiger partial charge in [0.15, 0.2) is 11.0 Å². The van der Waals surface area contributed by atoms with Crippen LogP contribution < -0.4 is 5.73 Å². The van der Waals surface area contributed by atoms with E-state index < -0.39 is 5.97 Å². The average molecular weight is 277 g/mol. The van der Waals surface area contributed by atoms with Crippen LogP contribution in [0.15, 0.2) is 4.99 Å². The van der Waals surface area contributed by atoms with Crippen LogP contribution in [0.3, 0.4) is 0 Å². The summed E-state index contributed by atoms with van der Waals surface area (Å²) >= 11 is 11.4. The van der Waals surface area contributed by atoms with E-state index in [1.54, 1.807) is 6.92 Å². The SMILES string of the molecule is CCC(=Nc1c(N)nc(Cl)nc1Cl)C(=O)OC. The van der Waals surface area contributed by atoms with Crippen molar-refractivity contribution in [2.45, 2.75) is 13.3 Å². The highest BCUT2D eigenvalue weighted by Crippen LogP contribution is 2.29. The second kappa shape index (κ2) is 5.79. The van der Waals surface area contributed by atoms with Gasteiger partial charge in [0.05, 0.1) is 7.11 Å². The molecule has 6 nitrogen and oxygen atoms in total. The van der Waals surface area contributed by atoms with E-state index in [0.717, 1.165) is 0 Å². The summed E-state index contributed by atoms with van der Waals surface area (Å²) in [5, 5.41) is -0.0973. The van der Waals surface area contributed by atoms with E-state index in [0.29, 0.717) is 6.42 Å². The van der Waals surface area contributed by atoms with E-state index in [9.17, 15) is 4.79 Å². The van der Waals surface area contributed by atoms with Gasteiger partial charge in [0, 0.05) is 0 Å². The van der Waals surface area contributed by atoms with Crippen molar-refractivity contribution in [3.8, 4) is 0 Å². The maximum absolute atomic E-state index is 11.3. The van der Waals surface area contributed by atoms with Crippen molar-refractivity contribution in [1.29, 1.82) is 0 Å². The number of ether oxygens (including phenoxy) is 1. The zero-order chi connectivity index (χ0) is 13.0. The monoisotopic (exact) mass is 276 g/mol. The molecule has 0 aliphatic rings. The average Bonchev–Trinajstić information content (AvgIpc) is 2.27. The Morgan fingerprint density at radius 3 is 2.59 bits per heavy atom. The fourth-order valence-corrected chi connectivity index (χ4v) is 1.48. The summed E-state index contributed by atoms with van der Waals surface area (Å²) in [6.07, 6.45) is 0.366. The standard InChI is InChI=1S/C9H10Cl2N4O2/c1-3-4(8(16)17-2)13-5-6(10)14-9(11)15-7(5)12/h3H2,1-2H3,(H2,12,14,15). The van der Waals surface area contributed by atoms with Gasteiger partial charge in [-0.05, 0) is 18.0 Å². The van der Waals surface area contributed by atoms with Crippen LogP contribution in [-0.4, -0.2) is 28.8 Å². The minimum atomic E-state index is -0.557.